The van der Waals surface area contributed by atoms with Crippen LogP contribution >= 0.6 is 0 Å². The highest BCUT2D eigenvalue weighted by molar-refractivity contribution is 6.44. The highest BCUT2D eigenvalue weighted by atomic mass is 19.1. The van der Waals surface area contributed by atoms with Gasteiger partial charge in [-0.1, -0.05) is 5.21 Å². The number of hydrogen-bond donors (Lipinski definition) is 3. The van der Waals surface area contributed by atoms with Gasteiger partial charge >= 0.3 is 0 Å². The summed E-state index contributed by atoms with van der Waals surface area (Å²) in [5.74, 6) is -3.83. The van der Waals surface area contributed by atoms with E-state index in [0.717, 1.165) is 12.1 Å². The molecule has 0 saturated heterocycles. The Kier molecular flexibility index (Phi) is 4.84. The van der Waals surface area contributed by atoms with Crippen LogP contribution < -0.4 is 10.6 Å². The van der Waals surface area contributed by atoms with E-state index in [4.69, 9.17) is 0 Å². The van der Waals surface area contributed by atoms with E-state index >= 15 is 0 Å². The first-order chi connectivity index (χ1) is 15.8. The molecule has 2 aromatic heterocycles. The summed E-state index contributed by atoms with van der Waals surface area (Å²) in [6, 6.07) is 2.84. The highest BCUT2D eigenvalue weighted by Gasteiger charge is 2.49. The summed E-state index contributed by atoms with van der Waals surface area (Å²) in [7, 11) is 0. The molecule has 0 unspecified atom stereocenters. The average Bonchev–Trinajstić information content (AvgIpc) is 3.14. The summed E-state index contributed by atoms with van der Waals surface area (Å²) in [5.41, 5.74) is 0.981. The third-order valence-corrected chi connectivity index (χ3v) is 6.25. The van der Waals surface area contributed by atoms with Crippen LogP contribution in [0.5, 0.6) is 0 Å². The Bertz CT molecular complexity index is 1290. The van der Waals surface area contributed by atoms with E-state index in [1.807, 2.05) is 0 Å². The Morgan fingerprint density at radius 3 is 2.67 bits per heavy atom. The van der Waals surface area contributed by atoms with Gasteiger partial charge in [-0.05, 0) is 50.3 Å². The SMILES string of the molecule is Cc1c(C(=O)C(=O)NC2(c3c[nH]nn3)CC2)c2n(c1C(=O)Nc1ccc(F)cc1F)CCC2. The van der Waals surface area contributed by atoms with Crippen LogP contribution in [0.15, 0.2) is 24.4 Å². The van der Waals surface area contributed by atoms with E-state index in [9.17, 15) is 23.2 Å². The standard InChI is InChI=1S/C22H20F2N6O3/c1-11-17(19(31)21(33)27-22(6-7-22)16-10-25-29-28-16)15-3-2-8-30(15)18(11)20(32)26-14-5-4-12(23)9-13(14)24/h4-5,9-10H,2-3,6-8H2,1H3,(H,26,32)(H,27,33)(H,25,28,29). The average molecular weight is 454 g/mol. The predicted octanol–water partition coefficient (Wildman–Crippen LogP) is 2.38. The van der Waals surface area contributed by atoms with Gasteiger partial charge in [0, 0.05) is 24.5 Å². The van der Waals surface area contributed by atoms with Gasteiger partial charge in [0.2, 0.25) is 0 Å². The number of aromatic amines is 1. The molecule has 0 atom stereocenters. The second-order valence-corrected chi connectivity index (χ2v) is 8.35. The lowest BCUT2D eigenvalue weighted by Gasteiger charge is -2.14. The first kappa shape index (κ1) is 21.0. The first-order valence-corrected chi connectivity index (χ1v) is 10.5. The number of anilines is 1. The molecule has 33 heavy (non-hydrogen) atoms. The van der Waals surface area contributed by atoms with Crippen molar-refractivity contribution in [2.24, 2.45) is 0 Å². The maximum absolute atomic E-state index is 14.0. The number of carbonyl (C=O) groups excluding carboxylic acids is 3. The minimum Gasteiger partial charge on any atom is -0.340 e. The second kappa shape index (κ2) is 7.61. The number of fused-ring (bicyclic) bond motifs is 1. The van der Waals surface area contributed by atoms with Gasteiger partial charge in [-0.2, -0.15) is 0 Å². The number of Topliss-reactive ketones (excluding diaryl/α,β-unsaturated/α-hetero) is 1. The molecule has 3 aromatic rings. The molecule has 2 aliphatic rings. The fraction of sp³-hybridized carbons (Fsp3) is 0.318. The maximum Gasteiger partial charge on any atom is 0.293 e. The van der Waals surface area contributed by atoms with Crippen LogP contribution in [0.25, 0.3) is 0 Å². The summed E-state index contributed by atoms with van der Waals surface area (Å²) in [5, 5.41) is 15.4. The predicted molar refractivity (Wildman–Crippen MR) is 112 cm³/mol. The molecule has 170 valence electrons. The van der Waals surface area contributed by atoms with Gasteiger partial charge in [0.25, 0.3) is 17.6 Å². The molecule has 9 nitrogen and oxygen atoms in total. The molecule has 1 aliphatic carbocycles. The largest absolute Gasteiger partial charge is 0.340 e. The van der Waals surface area contributed by atoms with Crippen molar-refractivity contribution in [3.63, 3.8) is 0 Å². The number of rotatable bonds is 6. The molecule has 11 heteroatoms. The van der Waals surface area contributed by atoms with Crippen molar-refractivity contribution < 1.29 is 23.2 Å². The minimum atomic E-state index is -0.910. The van der Waals surface area contributed by atoms with Crippen LogP contribution in [0, 0.1) is 18.6 Å². The zero-order valence-corrected chi connectivity index (χ0v) is 17.7. The van der Waals surface area contributed by atoms with Crippen molar-refractivity contribution in [2.75, 3.05) is 5.32 Å². The maximum atomic E-state index is 14.0. The van der Waals surface area contributed by atoms with Crippen LogP contribution in [-0.2, 0) is 23.3 Å². The Balaban J connectivity index is 1.43. The lowest BCUT2D eigenvalue weighted by molar-refractivity contribution is -0.118. The van der Waals surface area contributed by atoms with Crippen LogP contribution in [0.3, 0.4) is 0 Å². The normalized spacial score (nSPS) is 15.7. The lowest BCUT2D eigenvalue weighted by atomic mass is 10.0. The van der Waals surface area contributed by atoms with Crippen LogP contribution in [-0.4, -0.2) is 37.6 Å². The van der Waals surface area contributed by atoms with Crippen molar-refractivity contribution >= 4 is 23.3 Å². The van der Waals surface area contributed by atoms with Crippen LogP contribution in [0.2, 0.25) is 0 Å². The van der Waals surface area contributed by atoms with Crippen LogP contribution in [0.4, 0.5) is 14.5 Å². The molecule has 1 aromatic carbocycles. The number of halogens is 2. The van der Waals surface area contributed by atoms with Crippen molar-refractivity contribution in [2.45, 2.75) is 44.7 Å². The molecule has 3 N–H and O–H groups in total. The summed E-state index contributed by atoms with van der Waals surface area (Å²) >= 11 is 0. The number of carbonyl (C=O) groups is 3. The lowest BCUT2D eigenvalue weighted by Crippen LogP contribution is -2.40. The van der Waals surface area contributed by atoms with Crippen molar-refractivity contribution in [3.8, 4) is 0 Å². The monoisotopic (exact) mass is 454 g/mol. The summed E-state index contributed by atoms with van der Waals surface area (Å²) in [6.07, 6.45) is 4.09. The smallest absolute Gasteiger partial charge is 0.293 e. The zero-order valence-electron chi connectivity index (χ0n) is 17.7. The number of amides is 2. The van der Waals surface area contributed by atoms with Gasteiger partial charge < -0.3 is 15.2 Å². The number of ketones is 1. The fourth-order valence-electron chi connectivity index (χ4n) is 4.48. The number of benzene rings is 1. The molecular formula is C22H20F2N6O3. The van der Waals surface area contributed by atoms with Crippen molar-refractivity contribution in [1.29, 1.82) is 0 Å². The van der Waals surface area contributed by atoms with E-state index in [2.05, 4.69) is 26.0 Å². The van der Waals surface area contributed by atoms with Gasteiger partial charge in [-0.15, -0.1) is 5.10 Å². The molecule has 5 rings (SSSR count). The first-order valence-electron chi connectivity index (χ1n) is 10.5. The van der Waals surface area contributed by atoms with Gasteiger partial charge in [0.1, 0.15) is 23.0 Å². The minimum absolute atomic E-state index is 0.178. The summed E-state index contributed by atoms with van der Waals surface area (Å²) < 4.78 is 28.9. The molecule has 1 aliphatic heterocycles. The molecule has 0 bridgehead atoms. The zero-order chi connectivity index (χ0) is 23.3. The topological polar surface area (TPSA) is 122 Å². The van der Waals surface area contributed by atoms with E-state index in [1.165, 1.54) is 0 Å². The number of nitrogens with one attached hydrogen (secondary N) is 3. The molecule has 2 amide bonds. The number of H-pyrrole nitrogens is 1. The van der Waals surface area contributed by atoms with E-state index in [-0.39, 0.29) is 16.9 Å². The Morgan fingerprint density at radius 1 is 1.21 bits per heavy atom. The Hall–Kier alpha value is -3.89. The molecular weight excluding hydrogens is 434 g/mol. The van der Waals surface area contributed by atoms with Gasteiger partial charge in [-0.3, -0.25) is 19.5 Å². The van der Waals surface area contributed by atoms with Gasteiger partial charge in [-0.25, -0.2) is 8.78 Å². The van der Waals surface area contributed by atoms with E-state index < -0.39 is 34.8 Å². The van der Waals surface area contributed by atoms with Gasteiger partial charge in [0.05, 0.1) is 16.8 Å². The quantitative estimate of drug-likeness (QED) is 0.390. The van der Waals surface area contributed by atoms with Crippen LogP contribution in [0.1, 0.15) is 57.1 Å². The summed E-state index contributed by atoms with van der Waals surface area (Å²) in [4.78, 5) is 39.1. The Labute approximate surface area is 186 Å². The molecule has 3 heterocycles. The van der Waals surface area contributed by atoms with E-state index in [1.54, 1.807) is 17.7 Å². The fourth-order valence-corrected chi connectivity index (χ4v) is 4.48. The number of nitrogens with zero attached hydrogens (tertiary/aromatic N) is 3. The number of aromatic nitrogens is 4. The third-order valence-electron chi connectivity index (χ3n) is 6.25. The summed E-state index contributed by atoms with van der Waals surface area (Å²) in [6.45, 7) is 2.08. The molecule has 1 saturated carbocycles. The van der Waals surface area contributed by atoms with Crippen molar-refractivity contribution in [3.05, 3.63) is 64.2 Å². The molecule has 0 radical (unpaired) electrons. The Morgan fingerprint density at radius 2 is 2.00 bits per heavy atom. The third kappa shape index (κ3) is 3.49. The van der Waals surface area contributed by atoms with E-state index in [0.29, 0.717) is 55.2 Å². The number of hydrogen-bond acceptors (Lipinski definition) is 5. The molecule has 0 spiro atoms. The highest BCUT2D eigenvalue weighted by Crippen LogP contribution is 2.44. The second-order valence-electron chi connectivity index (χ2n) is 8.35. The van der Waals surface area contributed by atoms with Gasteiger partial charge in [0.15, 0.2) is 0 Å². The van der Waals surface area contributed by atoms with Crippen molar-refractivity contribution in [1.82, 2.24) is 25.3 Å². The molecule has 1 fully saturated rings.